The number of hydrazine groups is 1. The van der Waals surface area contributed by atoms with Crippen LogP contribution >= 0.6 is 0 Å². The molecule has 86 valence electrons. The highest BCUT2D eigenvalue weighted by Crippen LogP contribution is 2.11. The number of carbonyl (C=O) groups is 2. The smallest absolute Gasteiger partial charge is 0.257 e. The summed E-state index contributed by atoms with van der Waals surface area (Å²) in [6, 6.07) is 3.02. The molecule has 4 N–H and O–H groups in total. The maximum Gasteiger partial charge on any atom is 0.257 e. The Morgan fingerprint density at radius 1 is 1.25 bits per heavy atom. The molecule has 0 saturated heterocycles. The minimum absolute atomic E-state index is 0.455. The van der Waals surface area contributed by atoms with Gasteiger partial charge in [0.1, 0.15) is 17.2 Å². The Morgan fingerprint density at radius 3 is 2.31 bits per heavy atom. The molecule has 0 bridgehead atoms. The average molecular weight is 229 g/mol. The summed E-state index contributed by atoms with van der Waals surface area (Å²) < 4.78 is 26.2. The molecule has 0 saturated carbocycles. The zero-order valence-corrected chi connectivity index (χ0v) is 8.09. The number of nitrogens with one attached hydrogen (secondary N) is 2. The van der Waals surface area contributed by atoms with E-state index in [-0.39, 0.29) is 0 Å². The van der Waals surface area contributed by atoms with Crippen molar-refractivity contribution in [2.75, 3.05) is 6.54 Å². The van der Waals surface area contributed by atoms with Gasteiger partial charge < -0.3 is 5.32 Å². The second-order valence-electron chi connectivity index (χ2n) is 2.85. The Labute approximate surface area is 89.6 Å². The molecule has 0 aliphatic rings. The van der Waals surface area contributed by atoms with Crippen LogP contribution in [0.2, 0.25) is 0 Å². The molecule has 0 aliphatic heterocycles. The van der Waals surface area contributed by atoms with Crippen molar-refractivity contribution in [2.24, 2.45) is 5.84 Å². The fourth-order valence-corrected chi connectivity index (χ4v) is 1.01. The van der Waals surface area contributed by atoms with Gasteiger partial charge in [0.2, 0.25) is 0 Å². The number of rotatable bonds is 3. The van der Waals surface area contributed by atoms with Gasteiger partial charge in [0.25, 0.3) is 11.8 Å². The number of carbonyl (C=O) groups excluding carboxylic acids is 2. The van der Waals surface area contributed by atoms with Crippen molar-refractivity contribution < 1.29 is 18.4 Å². The van der Waals surface area contributed by atoms with Gasteiger partial charge in [-0.1, -0.05) is 6.07 Å². The summed E-state index contributed by atoms with van der Waals surface area (Å²) in [7, 11) is 0. The van der Waals surface area contributed by atoms with Crippen molar-refractivity contribution in [1.82, 2.24) is 10.7 Å². The fraction of sp³-hybridized carbons (Fsp3) is 0.111. The van der Waals surface area contributed by atoms with Crippen LogP contribution in [0.15, 0.2) is 18.2 Å². The summed E-state index contributed by atoms with van der Waals surface area (Å²) in [6.45, 7) is -0.455. The maximum absolute atomic E-state index is 13.1. The lowest BCUT2D eigenvalue weighted by atomic mass is 10.2. The van der Waals surface area contributed by atoms with Crippen molar-refractivity contribution in [3.8, 4) is 0 Å². The molecule has 1 rings (SSSR count). The van der Waals surface area contributed by atoms with E-state index < -0.39 is 35.6 Å². The Bertz CT molecular complexity index is 403. The Balaban J connectivity index is 2.77. The molecule has 0 atom stereocenters. The lowest BCUT2D eigenvalue weighted by Gasteiger charge is -2.05. The van der Waals surface area contributed by atoms with E-state index in [0.717, 1.165) is 18.2 Å². The first kappa shape index (κ1) is 12.1. The minimum atomic E-state index is -1.01. The first-order valence-electron chi connectivity index (χ1n) is 4.28. The summed E-state index contributed by atoms with van der Waals surface area (Å²) in [6.07, 6.45) is 0. The molecule has 2 amide bonds. The third-order valence-electron chi connectivity index (χ3n) is 1.76. The van der Waals surface area contributed by atoms with Crippen molar-refractivity contribution >= 4 is 11.8 Å². The fourth-order valence-electron chi connectivity index (χ4n) is 1.01. The van der Waals surface area contributed by atoms with Crippen LogP contribution in [0, 0.1) is 11.6 Å². The second kappa shape index (κ2) is 5.17. The third kappa shape index (κ3) is 2.74. The van der Waals surface area contributed by atoms with Crippen LogP contribution < -0.4 is 16.6 Å². The maximum atomic E-state index is 13.1. The molecule has 16 heavy (non-hydrogen) atoms. The third-order valence-corrected chi connectivity index (χ3v) is 1.76. The van der Waals surface area contributed by atoms with Gasteiger partial charge in [-0.2, -0.15) is 0 Å². The van der Waals surface area contributed by atoms with Crippen LogP contribution in [0.3, 0.4) is 0 Å². The SMILES string of the molecule is NNC(=O)CNC(=O)c1c(F)cccc1F. The molecule has 0 heterocycles. The summed E-state index contributed by atoms with van der Waals surface area (Å²) in [5.41, 5.74) is 1.03. The van der Waals surface area contributed by atoms with Gasteiger partial charge in [-0.15, -0.1) is 0 Å². The summed E-state index contributed by atoms with van der Waals surface area (Å²) in [5, 5.41) is 2.02. The molecular weight excluding hydrogens is 220 g/mol. The van der Waals surface area contributed by atoms with E-state index in [1.807, 2.05) is 5.32 Å². The van der Waals surface area contributed by atoms with Gasteiger partial charge in [-0.25, -0.2) is 14.6 Å². The van der Waals surface area contributed by atoms with Crippen LogP contribution in [0.5, 0.6) is 0 Å². The zero-order chi connectivity index (χ0) is 12.1. The predicted molar refractivity (Wildman–Crippen MR) is 51.0 cm³/mol. The molecule has 5 nitrogen and oxygen atoms in total. The van der Waals surface area contributed by atoms with Crippen LogP contribution in [0.4, 0.5) is 8.78 Å². The topological polar surface area (TPSA) is 84.2 Å². The van der Waals surface area contributed by atoms with E-state index in [1.54, 1.807) is 5.43 Å². The highest BCUT2D eigenvalue weighted by Gasteiger charge is 2.16. The lowest BCUT2D eigenvalue weighted by Crippen LogP contribution is -2.40. The molecular formula is C9H9F2N3O2. The number of hydrogen-bond acceptors (Lipinski definition) is 3. The van der Waals surface area contributed by atoms with Crippen molar-refractivity contribution in [1.29, 1.82) is 0 Å². The normalized spacial score (nSPS) is 9.69. The van der Waals surface area contributed by atoms with E-state index in [4.69, 9.17) is 5.84 Å². The molecule has 0 radical (unpaired) electrons. The molecule has 1 aromatic carbocycles. The van der Waals surface area contributed by atoms with Crippen LogP contribution in [0.1, 0.15) is 10.4 Å². The quantitative estimate of drug-likeness (QED) is 0.377. The summed E-state index contributed by atoms with van der Waals surface area (Å²) >= 11 is 0. The van der Waals surface area contributed by atoms with Crippen molar-refractivity contribution in [2.45, 2.75) is 0 Å². The zero-order valence-electron chi connectivity index (χ0n) is 8.09. The van der Waals surface area contributed by atoms with Gasteiger partial charge in [0.05, 0.1) is 6.54 Å². The largest absolute Gasteiger partial charge is 0.343 e. The molecule has 1 aromatic rings. The Hall–Kier alpha value is -2.02. The first-order chi connectivity index (χ1) is 7.56. The lowest BCUT2D eigenvalue weighted by molar-refractivity contribution is -0.120. The first-order valence-corrected chi connectivity index (χ1v) is 4.28. The Morgan fingerprint density at radius 2 is 1.81 bits per heavy atom. The van der Waals surface area contributed by atoms with Gasteiger partial charge in [-0.3, -0.25) is 15.0 Å². The minimum Gasteiger partial charge on any atom is -0.343 e. The van der Waals surface area contributed by atoms with E-state index in [0.29, 0.717) is 0 Å². The molecule has 0 aliphatic carbocycles. The van der Waals surface area contributed by atoms with Crippen molar-refractivity contribution in [3.05, 3.63) is 35.4 Å². The summed E-state index contributed by atoms with van der Waals surface area (Å²) in [5.74, 6) is 1.08. The highest BCUT2D eigenvalue weighted by molar-refractivity contribution is 5.96. The van der Waals surface area contributed by atoms with Gasteiger partial charge in [-0.05, 0) is 12.1 Å². The standard InChI is InChI=1S/C9H9F2N3O2/c10-5-2-1-3-6(11)8(5)9(16)13-4-7(15)14-12/h1-3H,4,12H2,(H,13,16)(H,14,15). The van der Waals surface area contributed by atoms with Crippen molar-refractivity contribution in [3.63, 3.8) is 0 Å². The monoisotopic (exact) mass is 229 g/mol. The number of amides is 2. The van der Waals surface area contributed by atoms with Gasteiger partial charge in [0.15, 0.2) is 0 Å². The van der Waals surface area contributed by atoms with Crippen LogP contribution in [0.25, 0.3) is 0 Å². The van der Waals surface area contributed by atoms with E-state index in [2.05, 4.69) is 0 Å². The molecule has 0 spiro atoms. The summed E-state index contributed by atoms with van der Waals surface area (Å²) in [4.78, 5) is 22.0. The Kier molecular flexibility index (Phi) is 3.90. The number of benzene rings is 1. The average Bonchev–Trinajstić information content (AvgIpc) is 2.25. The van der Waals surface area contributed by atoms with E-state index in [9.17, 15) is 18.4 Å². The number of halogens is 2. The molecule has 0 fully saturated rings. The molecule has 0 aromatic heterocycles. The van der Waals surface area contributed by atoms with Gasteiger partial charge in [0, 0.05) is 0 Å². The van der Waals surface area contributed by atoms with Crippen LogP contribution in [-0.4, -0.2) is 18.4 Å². The number of nitrogens with two attached hydrogens (primary N) is 1. The second-order valence-corrected chi connectivity index (χ2v) is 2.85. The van der Waals surface area contributed by atoms with Crippen LogP contribution in [-0.2, 0) is 4.79 Å². The van der Waals surface area contributed by atoms with Gasteiger partial charge >= 0.3 is 0 Å². The molecule has 7 heteroatoms. The van der Waals surface area contributed by atoms with E-state index >= 15 is 0 Å². The molecule has 0 unspecified atom stereocenters. The number of hydrogen-bond donors (Lipinski definition) is 3. The van der Waals surface area contributed by atoms with E-state index in [1.165, 1.54) is 0 Å². The predicted octanol–water partition coefficient (Wildman–Crippen LogP) is -0.316. The highest BCUT2D eigenvalue weighted by atomic mass is 19.1.